The molecule has 0 amide bonds. The van der Waals surface area contributed by atoms with Crippen LogP contribution in [-0.4, -0.2) is 4.98 Å². The standard InChI is InChI=1S/C9H11FIN/c1-9(2,3)6-4-12-5-7(10)8(6)11/h4-5H,1-3H3. The number of rotatable bonds is 0. The number of aromatic nitrogens is 1. The Bertz CT molecular complexity index is 291. The van der Waals surface area contributed by atoms with Crippen LogP contribution < -0.4 is 0 Å². The first-order valence-corrected chi connectivity index (χ1v) is 4.80. The van der Waals surface area contributed by atoms with E-state index in [0.717, 1.165) is 5.56 Å². The molecule has 0 atom stereocenters. The third-order valence-electron chi connectivity index (χ3n) is 1.65. The van der Waals surface area contributed by atoms with Crippen molar-refractivity contribution in [3.63, 3.8) is 0 Å². The summed E-state index contributed by atoms with van der Waals surface area (Å²) in [7, 11) is 0. The fraction of sp³-hybridized carbons (Fsp3) is 0.444. The van der Waals surface area contributed by atoms with Crippen molar-refractivity contribution >= 4 is 22.6 Å². The molecule has 0 aliphatic heterocycles. The van der Waals surface area contributed by atoms with Crippen LogP contribution in [0.1, 0.15) is 26.3 Å². The fourth-order valence-corrected chi connectivity index (χ4v) is 2.03. The third kappa shape index (κ3) is 1.94. The summed E-state index contributed by atoms with van der Waals surface area (Å²) < 4.78 is 13.7. The SMILES string of the molecule is CC(C)(C)c1cncc(F)c1I. The van der Waals surface area contributed by atoms with E-state index in [9.17, 15) is 4.39 Å². The summed E-state index contributed by atoms with van der Waals surface area (Å²) >= 11 is 2.02. The number of pyridine rings is 1. The first-order chi connectivity index (χ1) is 5.43. The summed E-state index contributed by atoms with van der Waals surface area (Å²) in [5.41, 5.74) is 0.925. The quantitative estimate of drug-likeness (QED) is 0.665. The Kier molecular flexibility index (Phi) is 2.70. The van der Waals surface area contributed by atoms with Crippen molar-refractivity contribution in [3.8, 4) is 0 Å². The van der Waals surface area contributed by atoms with Gasteiger partial charge in [-0.1, -0.05) is 20.8 Å². The largest absolute Gasteiger partial charge is 0.261 e. The zero-order valence-corrected chi connectivity index (χ0v) is 9.52. The van der Waals surface area contributed by atoms with Crippen molar-refractivity contribution in [2.75, 3.05) is 0 Å². The van der Waals surface area contributed by atoms with Gasteiger partial charge in [-0.2, -0.15) is 0 Å². The lowest BCUT2D eigenvalue weighted by Gasteiger charge is -2.19. The molecule has 0 bridgehead atoms. The van der Waals surface area contributed by atoms with Crippen LogP contribution in [0, 0.1) is 9.39 Å². The zero-order chi connectivity index (χ0) is 9.35. The average molecular weight is 279 g/mol. The number of hydrogen-bond acceptors (Lipinski definition) is 1. The van der Waals surface area contributed by atoms with Gasteiger partial charge in [-0.05, 0) is 33.6 Å². The Balaban J connectivity index is 3.26. The van der Waals surface area contributed by atoms with Crippen LogP contribution in [0.4, 0.5) is 4.39 Å². The van der Waals surface area contributed by atoms with Gasteiger partial charge in [0.15, 0.2) is 5.82 Å². The third-order valence-corrected chi connectivity index (χ3v) is 2.74. The molecule has 1 heterocycles. The average Bonchev–Trinajstić information content (AvgIpc) is 1.92. The lowest BCUT2D eigenvalue weighted by atomic mass is 9.88. The Morgan fingerprint density at radius 1 is 1.33 bits per heavy atom. The van der Waals surface area contributed by atoms with Crippen LogP contribution in [0.2, 0.25) is 0 Å². The van der Waals surface area contributed by atoms with Crippen molar-refractivity contribution < 1.29 is 4.39 Å². The lowest BCUT2D eigenvalue weighted by molar-refractivity contribution is 0.557. The van der Waals surface area contributed by atoms with Crippen LogP contribution in [0.3, 0.4) is 0 Å². The molecule has 0 aliphatic carbocycles. The minimum Gasteiger partial charge on any atom is -0.261 e. The normalized spacial score (nSPS) is 11.8. The maximum Gasteiger partial charge on any atom is 0.155 e. The highest BCUT2D eigenvalue weighted by Crippen LogP contribution is 2.27. The first kappa shape index (κ1) is 9.89. The number of hydrogen-bond donors (Lipinski definition) is 0. The predicted octanol–water partition coefficient (Wildman–Crippen LogP) is 3.12. The second-order valence-corrected chi connectivity index (χ2v) is 4.81. The lowest BCUT2D eigenvalue weighted by Crippen LogP contribution is -2.14. The molecule has 66 valence electrons. The van der Waals surface area contributed by atoms with Crippen LogP contribution >= 0.6 is 22.6 Å². The molecule has 1 nitrogen and oxygen atoms in total. The van der Waals surface area contributed by atoms with E-state index in [2.05, 4.69) is 4.98 Å². The molecule has 0 aromatic carbocycles. The van der Waals surface area contributed by atoms with Gasteiger partial charge in [0.1, 0.15) is 0 Å². The van der Waals surface area contributed by atoms with E-state index >= 15 is 0 Å². The molecule has 1 rings (SSSR count). The molecular weight excluding hydrogens is 268 g/mol. The fourth-order valence-electron chi connectivity index (χ4n) is 0.942. The molecule has 1 aromatic heterocycles. The Hall–Kier alpha value is -0.190. The van der Waals surface area contributed by atoms with Gasteiger partial charge in [0.2, 0.25) is 0 Å². The summed E-state index contributed by atoms with van der Waals surface area (Å²) in [6.07, 6.45) is 2.97. The monoisotopic (exact) mass is 279 g/mol. The maximum absolute atomic E-state index is 13.0. The highest BCUT2D eigenvalue weighted by Gasteiger charge is 2.19. The Morgan fingerprint density at radius 2 is 1.92 bits per heavy atom. The van der Waals surface area contributed by atoms with E-state index in [-0.39, 0.29) is 11.2 Å². The van der Waals surface area contributed by atoms with Gasteiger partial charge in [-0.25, -0.2) is 4.39 Å². The van der Waals surface area contributed by atoms with Crippen molar-refractivity contribution in [1.29, 1.82) is 0 Å². The minimum atomic E-state index is -0.233. The summed E-state index contributed by atoms with van der Waals surface area (Å²) in [5, 5.41) is 0. The molecule has 0 N–H and O–H groups in total. The van der Waals surface area contributed by atoms with E-state index in [1.807, 2.05) is 43.4 Å². The Labute approximate surface area is 85.5 Å². The van der Waals surface area contributed by atoms with E-state index in [4.69, 9.17) is 0 Å². The highest BCUT2D eigenvalue weighted by molar-refractivity contribution is 14.1. The molecular formula is C9H11FIN. The van der Waals surface area contributed by atoms with E-state index in [0.29, 0.717) is 3.57 Å². The molecule has 0 saturated heterocycles. The van der Waals surface area contributed by atoms with Crippen LogP contribution in [0.25, 0.3) is 0 Å². The number of halogens is 2. The molecule has 0 aliphatic rings. The zero-order valence-electron chi connectivity index (χ0n) is 7.36. The van der Waals surface area contributed by atoms with Gasteiger partial charge in [0.25, 0.3) is 0 Å². The van der Waals surface area contributed by atoms with Crippen LogP contribution in [-0.2, 0) is 5.41 Å². The van der Waals surface area contributed by atoms with E-state index < -0.39 is 0 Å². The molecule has 1 aromatic rings. The second kappa shape index (κ2) is 3.28. The molecule has 0 unspecified atom stereocenters. The van der Waals surface area contributed by atoms with Gasteiger partial charge in [-0.3, -0.25) is 4.98 Å². The Morgan fingerprint density at radius 3 is 2.33 bits per heavy atom. The molecule has 12 heavy (non-hydrogen) atoms. The van der Waals surface area contributed by atoms with Gasteiger partial charge in [0.05, 0.1) is 9.77 Å². The number of nitrogens with zero attached hydrogens (tertiary/aromatic N) is 1. The van der Waals surface area contributed by atoms with E-state index in [1.165, 1.54) is 6.20 Å². The molecule has 0 saturated carbocycles. The van der Waals surface area contributed by atoms with Crippen LogP contribution in [0.15, 0.2) is 12.4 Å². The van der Waals surface area contributed by atoms with Crippen molar-refractivity contribution in [1.82, 2.24) is 4.98 Å². The maximum atomic E-state index is 13.0. The highest BCUT2D eigenvalue weighted by atomic mass is 127. The molecule has 3 heteroatoms. The van der Waals surface area contributed by atoms with Gasteiger partial charge < -0.3 is 0 Å². The molecule has 0 spiro atoms. The summed E-state index contributed by atoms with van der Waals surface area (Å²) in [4.78, 5) is 3.83. The van der Waals surface area contributed by atoms with Crippen molar-refractivity contribution in [2.24, 2.45) is 0 Å². The van der Waals surface area contributed by atoms with Gasteiger partial charge >= 0.3 is 0 Å². The topological polar surface area (TPSA) is 12.9 Å². The summed E-state index contributed by atoms with van der Waals surface area (Å²) in [5.74, 6) is -0.233. The summed E-state index contributed by atoms with van der Waals surface area (Å²) in [6, 6.07) is 0. The molecule has 0 radical (unpaired) electrons. The van der Waals surface area contributed by atoms with Crippen molar-refractivity contribution in [2.45, 2.75) is 26.2 Å². The first-order valence-electron chi connectivity index (χ1n) is 3.72. The van der Waals surface area contributed by atoms with Crippen LogP contribution in [0.5, 0.6) is 0 Å². The minimum absolute atomic E-state index is 0.0361. The van der Waals surface area contributed by atoms with Gasteiger partial charge in [0, 0.05) is 6.20 Å². The second-order valence-electron chi connectivity index (χ2n) is 3.73. The summed E-state index contributed by atoms with van der Waals surface area (Å²) in [6.45, 7) is 6.14. The smallest absolute Gasteiger partial charge is 0.155 e. The van der Waals surface area contributed by atoms with E-state index in [1.54, 1.807) is 6.20 Å². The van der Waals surface area contributed by atoms with Crippen molar-refractivity contribution in [3.05, 3.63) is 27.3 Å². The predicted molar refractivity (Wildman–Crippen MR) is 55.6 cm³/mol. The molecule has 0 fully saturated rings. The van der Waals surface area contributed by atoms with Gasteiger partial charge in [-0.15, -0.1) is 0 Å².